The highest BCUT2D eigenvalue weighted by atomic mass is 16.5. The van der Waals surface area contributed by atoms with E-state index in [1.807, 2.05) is 13.3 Å². The highest BCUT2D eigenvalue weighted by Gasteiger charge is 2.29. The van der Waals surface area contributed by atoms with Gasteiger partial charge < -0.3 is 19.7 Å². The lowest BCUT2D eigenvalue weighted by Crippen LogP contribution is -2.51. The Morgan fingerprint density at radius 3 is 3.00 bits per heavy atom. The van der Waals surface area contributed by atoms with Crippen LogP contribution < -0.4 is 5.32 Å². The van der Waals surface area contributed by atoms with E-state index in [1.165, 1.54) is 5.57 Å². The second kappa shape index (κ2) is 5.66. The van der Waals surface area contributed by atoms with Crippen molar-refractivity contribution in [3.05, 3.63) is 11.8 Å². The van der Waals surface area contributed by atoms with Gasteiger partial charge in [-0.2, -0.15) is 0 Å². The Bertz CT molecular complexity index is 255. The van der Waals surface area contributed by atoms with Crippen LogP contribution >= 0.6 is 0 Å². The van der Waals surface area contributed by atoms with E-state index in [0.29, 0.717) is 6.04 Å². The molecule has 0 aromatic carbocycles. The summed E-state index contributed by atoms with van der Waals surface area (Å²) in [7, 11) is 4.14. The Kier molecular flexibility index (Phi) is 4.21. The number of morpholine rings is 1. The third kappa shape index (κ3) is 2.75. The molecule has 0 aliphatic carbocycles. The molecule has 16 heavy (non-hydrogen) atoms. The first-order valence-electron chi connectivity index (χ1n) is 6.09. The molecule has 2 heterocycles. The Hall–Kier alpha value is -0.580. The first-order valence-corrected chi connectivity index (χ1v) is 6.09. The molecule has 0 amide bonds. The van der Waals surface area contributed by atoms with Gasteiger partial charge in [0.05, 0.1) is 31.6 Å². The second-order valence-electron chi connectivity index (χ2n) is 4.60. The van der Waals surface area contributed by atoms with Crippen molar-refractivity contribution in [2.75, 3.05) is 40.4 Å². The Morgan fingerprint density at radius 2 is 2.38 bits per heavy atom. The minimum absolute atomic E-state index is 0.247. The molecule has 2 rings (SSSR count). The summed E-state index contributed by atoms with van der Waals surface area (Å²) in [5, 5.41) is 3.36. The van der Waals surface area contributed by atoms with Gasteiger partial charge in [-0.15, -0.1) is 0 Å². The molecule has 0 aromatic rings. The predicted octanol–water partition coefficient (Wildman–Crippen LogP) is 0.599. The van der Waals surface area contributed by atoms with Crippen LogP contribution in [0.4, 0.5) is 0 Å². The van der Waals surface area contributed by atoms with Crippen LogP contribution in [-0.2, 0) is 9.47 Å². The molecule has 0 spiro atoms. The number of rotatable bonds is 3. The van der Waals surface area contributed by atoms with Gasteiger partial charge >= 0.3 is 0 Å². The maximum absolute atomic E-state index is 5.85. The number of likely N-dealkylation sites (N-methyl/N-ethyl adjacent to an activating group) is 2. The summed E-state index contributed by atoms with van der Waals surface area (Å²) in [6.45, 7) is 3.70. The number of nitrogens with zero attached hydrogens (tertiary/aromatic N) is 1. The molecule has 2 aliphatic heterocycles. The van der Waals surface area contributed by atoms with Gasteiger partial charge in [-0.3, -0.25) is 0 Å². The minimum Gasteiger partial charge on any atom is -0.501 e. The second-order valence-corrected chi connectivity index (χ2v) is 4.60. The average molecular weight is 226 g/mol. The normalized spacial score (nSPS) is 29.4. The van der Waals surface area contributed by atoms with Crippen molar-refractivity contribution in [2.45, 2.75) is 25.0 Å². The monoisotopic (exact) mass is 226 g/mol. The molecule has 0 aromatic heterocycles. The van der Waals surface area contributed by atoms with Gasteiger partial charge in [-0.25, -0.2) is 0 Å². The smallest absolute Gasteiger partial charge is 0.0894 e. The van der Waals surface area contributed by atoms with Crippen LogP contribution in [0.15, 0.2) is 11.8 Å². The van der Waals surface area contributed by atoms with Crippen LogP contribution in [0.1, 0.15) is 12.8 Å². The van der Waals surface area contributed by atoms with Crippen LogP contribution in [0, 0.1) is 0 Å². The Morgan fingerprint density at radius 1 is 1.50 bits per heavy atom. The number of hydrogen-bond acceptors (Lipinski definition) is 4. The number of ether oxygens (including phenoxy) is 2. The van der Waals surface area contributed by atoms with E-state index in [1.54, 1.807) is 0 Å². The van der Waals surface area contributed by atoms with Crippen LogP contribution in [0.25, 0.3) is 0 Å². The van der Waals surface area contributed by atoms with Gasteiger partial charge in [-0.1, -0.05) is 0 Å². The summed E-state index contributed by atoms with van der Waals surface area (Å²) in [5.74, 6) is 0. The number of hydrogen-bond donors (Lipinski definition) is 1. The van der Waals surface area contributed by atoms with Gasteiger partial charge in [0.2, 0.25) is 0 Å². The SMILES string of the molecule is CNC(C1=COCCC1)C1CN(C)CCO1. The van der Waals surface area contributed by atoms with Crippen molar-refractivity contribution >= 4 is 0 Å². The quantitative estimate of drug-likeness (QED) is 0.764. The lowest BCUT2D eigenvalue weighted by atomic mass is 9.96. The minimum atomic E-state index is 0.247. The zero-order valence-corrected chi connectivity index (χ0v) is 10.2. The van der Waals surface area contributed by atoms with E-state index in [4.69, 9.17) is 9.47 Å². The molecule has 0 radical (unpaired) electrons. The molecule has 0 bridgehead atoms. The van der Waals surface area contributed by atoms with Crippen LogP contribution in [0.5, 0.6) is 0 Å². The molecule has 1 N–H and O–H groups in total. The fourth-order valence-electron chi connectivity index (χ4n) is 2.44. The van der Waals surface area contributed by atoms with Crippen molar-refractivity contribution in [3.63, 3.8) is 0 Å². The van der Waals surface area contributed by atoms with Gasteiger partial charge in [0, 0.05) is 13.1 Å². The summed E-state index contributed by atoms with van der Waals surface area (Å²) in [6.07, 6.45) is 4.40. The highest BCUT2D eigenvalue weighted by molar-refractivity contribution is 5.13. The van der Waals surface area contributed by atoms with E-state index in [0.717, 1.165) is 39.1 Å². The van der Waals surface area contributed by atoms with Crippen molar-refractivity contribution in [3.8, 4) is 0 Å². The highest BCUT2D eigenvalue weighted by Crippen LogP contribution is 2.21. The summed E-state index contributed by atoms with van der Waals surface area (Å²) >= 11 is 0. The Labute approximate surface area is 97.6 Å². The van der Waals surface area contributed by atoms with Gasteiger partial charge in [-0.05, 0) is 32.5 Å². The third-order valence-electron chi connectivity index (χ3n) is 3.34. The first kappa shape index (κ1) is 11.9. The third-order valence-corrected chi connectivity index (χ3v) is 3.34. The summed E-state index contributed by atoms with van der Waals surface area (Å²) in [4.78, 5) is 2.32. The van der Waals surface area contributed by atoms with Crippen molar-refractivity contribution < 1.29 is 9.47 Å². The summed E-state index contributed by atoms with van der Waals surface area (Å²) in [6, 6.07) is 0.294. The molecule has 0 saturated carbocycles. The number of nitrogens with one attached hydrogen (secondary N) is 1. The van der Waals surface area contributed by atoms with E-state index >= 15 is 0 Å². The average Bonchev–Trinajstić information content (AvgIpc) is 2.31. The van der Waals surface area contributed by atoms with Crippen LogP contribution in [0.2, 0.25) is 0 Å². The molecule has 4 heteroatoms. The lowest BCUT2D eigenvalue weighted by molar-refractivity contribution is -0.0327. The topological polar surface area (TPSA) is 33.7 Å². The Balaban J connectivity index is 2.00. The van der Waals surface area contributed by atoms with E-state index in [-0.39, 0.29) is 6.10 Å². The predicted molar refractivity (Wildman–Crippen MR) is 63.4 cm³/mol. The van der Waals surface area contributed by atoms with E-state index in [9.17, 15) is 0 Å². The van der Waals surface area contributed by atoms with Crippen molar-refractivity contribution in [1.29, 1.82) is 0 Å². The van der Waals surface area contributed by atoms with Gasteiger partial charge in [0.25, 0.3) is 0 Å². The molecule has 2 aliphatic rings. The van der Waals surface area contributed by atoms with E-state index < -0.39 is 0 Å². The zero-order chi connectivity index (χ0) is 11.4. The molecule has 4 nitrogen and oxygen atoms in total. The standard InChI is InChI=1S/C12H22N2O2/c1-13-12(10-4-3-6-15-9-10)11-8-14(2)5-7-16-11/h9,11-13H,3-8H2,1-2H3. The molecule has 1 saturated heterocycles. The molecular weight excluding hydrogens is 204 g/mol. The lowest BCUT2D eigenvalue weighted by Gasteiger charge is -2.36. The molecule has 1 fully saturated rings. The molecule has 2 unspecified atom stereocenters. The molecular formula is C12H22N2O2. The van der Waals surface area contributed by atoms with Crippen LogP contribution in [-0.4, -0.2) is 57.4 Å². The van der Waals surface area contributed by atoms with Crippen LogP contribution in [0.3, 0.4) is 0 Å². The fraction of sp³-hybridized carbons (Fsp3) is 0.833. The maximum Gasteiger partial charge on any atom is 0.0894 e. The largest absolute Gasteiger partial charge is 0.501 e. The summed E-state index contributed by atoms with van der Waals surface area (Å²) in [5.41, 5.74) is 1.34. The maximum atomic E-state index is 5.85. The van der Waals surface area contributed by atoms with Crippen molar-refractivity contribution in [1.82, 2.24) is 10.2 Å². The van der Waals surface area contributed by atoms with Crippen molar-refractivity contribution in [2.24, 2.45) is 0 Å². The van der Waals surface area contributed by atoms with Gasteiger partial charge in [0.15, 0.2) is 0 Å². The summed E-state index contributed by atoms with van der Waals surface area (Å²) < 4.78 is 11.3. The van der Waals surface area contributed by atoms with E-state index in [2.05, 4.69) is 17.3 Å². The first-order chi connectivity index (χ1) is 7.81. The van der Waals surface area contributed by atoms with Gasteiger partial charge in [0.1, 0.15) is 0 Å². The fourth-order valence-corrected chi connectivity index (χ4v) is 2.44. The molecule has 2 atom stereocenters. The molecule has 92 valence electrons. The zero-order valence-electron chi connectivity index (χ0n) is 10.2.